The van der Waals surface area contributed by atoms with Gasteiger partial charge in [0.25, 0.3) is 0 Å². The lowest BCUT2D eigenvalue weighted by atomic mass is 9.81. The van der Waals surface area contributed by atoms with Crippen LogP contribution in [0.5, 0.6) is 0 Å². The van der Waals surface area contributed by atoms with Crippen LogP contribution in [0.3, 0.4) is 0 Å². The van der Waals surface area contributed by atoms with Gasteiger partial charge in [-0.25, -0.2) is 9.59 Å². The first-order valence-electron chi connectivity index (χ1n) is 11.8. The minimum atomic E-state index is -5.08. The first kappa shape index (κ1) is 32.0. The van der Waals surface area contributed by atoms with E-state index in [1.807, 2.05) is 24.7 Å². The Morgan fingerprint density at radius 2 is 1.72 bits per heavy atom. The number of halogens is 6. The summed E-state index contributed by atoms with van der Waals surface area (Å²) < 4.78 is 69.7. The highest BCUT2D eigenvalue weighted by molar-refractivity contribution is 5.73. The molecule has 2 aromatic heterocycles. The fourth-order valence-corrected chi connectivity index (χ4v) is 4.61. The molecule has 0 amide bonds. The van der Waals surface area contributed by atoms with E-state index >= 15 is 0 Å². The van der Waals surface area contributed by atoms with E-state index in [0.717, 1.165) is 25.6 Å². The van der Waals surface area contributed by atoms with Gasteiger partial charge in [-0.2, -0.15) is 26.3 Å². The van der Waals surface area contributed by atoms with E-state index in [4.69, 9.17) is 24.5 Å². The Kier molecular flexibility index (Phi) is 11.2. The number of ether oxygens (including phenoxy) is 1. The normalized spacial score (nSPS) is 20.7. The largest absolute Gasteiger partial charge is 0.490 e. The average molecular weight is 566 g/mol. The Labute approximate surface area is 220 Å². The fraction of sp³-hybridized carbons (Fsp3) is 0.520. The van der Waals surface area contributed by atoms with Gasteiger partial charge in [0.2, 0.25) is 0 Å². The van der Waals surface area contributed by atoms with Crippen molar-refractivity contribution in [3.05, 3.63) is 59.7 Å². The Bertz CT molecular complexity index is 1060. The molecular weight excluding hydrogens is 536 g/mol. The second-order valence-corrected chi connectivity index (χ2v) is 9.34. The van der Waals surface area contributed by atoms with E-state index in [9.17, 15) is 26.3 Å². The van der Waals surface area contributed by atoms with Crippen molar-refractivity contribution in [1.82, 2.24) is 14.9 Å². The maximum absolute atomic E-state index is 10.6. The number of likely N-dealkylation sites (tertiary alicyclic amines) is 1. The zero-order chi connectivity index (χ0) is 29.3. The van der Waals surface area contributed by atoms with Crippen LogP contribution in [-0.4, -0.2) is 69.1 Å². The third-order valence-corrected chi connectivity index (χ3v) is 6.50. The first-order chi connectivity index (χ1) is 18.1. The molecule has 3 heterocycles. The number of carboxylic acid groups (broad SMARTS) is 2. The maximum atomic E-state index is 10.6. The zero-order valence-corrected chi connectivity index (χ0v) is 21.0. The number of aliphatic carboxylic acids is 2. The zero-order valence-electron chi connectivity index (χ0n) is 21.0. The molecule has 0 bridgehead atoms. The number of alkyl halides is 6. The predicted octanol–water partition coefficient (Wildman–Crippen LogP) is 4.87. The molecule has 0 unspecified atom stereocenters. The van der Waals surface area contributed by atoms with Gasteiger partial charge in [0, 0.05) is 43.6 Å². The van der Waals surface area contributed by atoms with Crippen molar-refractivity contribution in [3.63, 3.8) is 0 Å². The van der Waals surface area contributed by atoms with Crippen molar-refractivity contribution in [3.8, 4) is 0 Å². The molecular formula is C25H29F6N3O5. The number of aryl methyl sites for hydroxylation is 1. The summed E-state index contributed by atoms with van der Waals surface area (Å²) in [5.74, 6) is -4.74. The second-order valence-electron chi connectivity index (χ2n) is 9.34. The number of rotatable bonds is 6. The fourth-order valence-electron chi connectivity index (χ4n) is 4.61. The van der Waals surface area contributed by atoms with Gasteiger partial charge in [0.15, 0.2) is 0 Å². The molecule has 0 radical (unpaired) electrons. The van der Waals surface area contributed by atoms with Gasteiger partial charge in [0.05, 0.1) is 18.9 Å². The van der Waals surface area contributed by atoms with Crippen molar-refractivity contribution in [1.29, 1.82) is 0 Å². The molecule has 4 rings (SSSR count). The second kappa shape index (κ2) is 13.7. The monoisotopic (exact) mass is 565 g/mol. The number of nitrogens with zero attached hydrogens (tertiary/aromatic N) is 3. The molecule has 14 heteroatoms. The topological polar surface area (TPSA) is 113 Å². The summed E-state index contributed by atoms with van der Waals surface area (Å²) in [4.78, 5) is 29.1. The number of aromatic nitrogens is 2. The van der Waals surface area contributed by atoms with Gasteiger partial charge >= 0.3 is 24.3 Å². The minimum absolute atomic E-state index is 0.338. The molecule has 1 saturated carbocycles. The Balaban J connectivity index is 0.000000317. The summed E-state index contributed by atoms with van der Waals surface area (Å²) in [7, 11) is 0. The number of hydrogen-bond donors (Lipinski definition) is 2. The SMILES string of the molecule is Cc1ccncc1COC[C@@]12CCC[C@@H]1CN(Cc1ccccn1)C2.O=C(O)C(F)(F)F.O=C(O)C(F)(F)F. The van der Waals surface area contributed by atoms with Crippen LogP contribution < -0.4 is 0 Å². The molecule has 8 nitrogen and oxygen atoms in total. The molecule has 1 aliphatic carbocycles. The molecule has 2 N–H and O–H groups in total. The summed E-state index contributed by atoms with van der Waals surface area (Å²) in [6.07, 6.45) is -0.521. The van der Waals surface area contributed by atoms with E-state index in [1.54, 1.807) is 0 Å². The van der Waals surface area contributed by atoms with Crippen LogP contribution in [0.4, 0.5) is 26.3 Å². The predicted molar refractivity (Wildman–Crippen MR) is 125 cm³/mol. The highest BCUT2D eigenvalue weighted by Crippen LogP contribution is 2.49. The summed E-state index contributed by atoms with van der Waals surface area (Å²) in [5.41, 5.74) is 3.98. The summed E-state index contributed by atoms with van der Waals surface area (Å²) >= 11 is 0. The summed E-state index contributed by atoms with van der Waals surface area (Å²) in [5, 5.41) is 14.2. The molecule has 2 aromatic rings. The molecule has 216 valence electrons. The van der Waals surface area contributed by atoms with Gasteiger partial charge < -0.3 is 14.9 Å². The van der Waals surface area contributed by atoms with Crippen LogP contribution in [0.25, 0.3) is 0 Å². The van der Waals surface area contributed by atoms with Gasteiger partial charge in [-0.15, -0.1) is 0 Å². The molecule has 2 atom stereocenters. The number of fused-ring (bicyclic) bond motifs is 1. The van der Waals surface area contributed by atoms with Crippen LogP contribution >= 0.6 is 0 Å². The lowest BCUT2D eigenvalue weighted by Gasteiger charge is -2.29. The van der Waals surface area contributed by atoms with Crippen LogP contribution in [0, 0.1) is 18.3 Å². The quantitative estimate of drug-likeness (QED) is 0.477. The smallest absolute Gasteiger partial charge is 0.475 e. The molecule has 2 aliphatic rings. The van der Waals surface area contributed by atoms with E-state index < -0.39 is 24.3 Å². The third kappa shape index (κ3) is 10.1. The average Bonchev–Trinajstić information content (AvgIpc) is 3.37. The Morgan fingerprint density at radius 1 is 1.08 bits per heavy atom. The molecule has 1 aliphatic heterocycles. The molecule has 0 aromatic carbocycles. The number of pyridine rings is 2. The van der Waals surface area contributed by atoms with Gasteiger partial charge in [-0.05, 0) is 55.0 Å². The number of carbonyl (C=O) groups is 2. The van der Waals surface area contributed by atoms with Crippen molar-refractivity contribution in [2.45, 2.75) is 51.7 Å². The van der Waals surface area contributed by atoms with Crippen molar-refractivity contribution in [2.24, 2.45) is 11.3 Å². The van der Waals surface area contributed by atoms with E-state index in [1.165, 1.54) is 42.6 Å². The summed E-state index contributed by atoms with van der Waals surface area (Å²) in [6.45, 7) is 6.95. The lowest BCUT2D eigenvalue weighted by molar-refractivity contribution is -0.193. The minimum Gasteiger partial charge on any atom is -0.475 e. The summed E-state index contributed by atoms with van der Waals surface area (Å²) in [6, 6.07) is 8.24. The number of carboxylic acids is 2. The molecule has 1 saturated heterocycles. The van der Waals surface area contributed by atoms with E-state index in [2.05, 4.69) is 40.0 Å². The van der Waals surface area contributed by atoms with Crippen molar-refractivity contribution in [2.75, 3.05) is 19.7 Å². The highest BCUT2D eigenvalue weighted by Gasteiger charge is 2.49. The van der Waals surface area contributed by atoms with Gasteiger partial charge in [-0.1, -0.05) is 12.5 Å². The van der Waals surface area contributed by atoms with E-state index in [-0.39, 0.29) is 0 Å². The van der Waals surface area contributed by atoms with Crippen LogP contribution in [0.15, 0.2) is 42.9 Å². The standard InChI is InChI=1S/C21H27N3O.2C2HF3O2/c1-17-7-10-22-11-18(17)14-25-16-21-8-4-5-19(21)12-24(15-21)13-20-6-2-3-9-23-20;2*3-2(4,5)1(6)7/h2-3,6-7,9-11,19H,4-5,8,12-16H2,1H3;2*(H,6,7)/t19-,21+;;/m1../s1. The third-order valence-electron chi connectivity index (χ3n) is 6.50. The van der Waals surface area contributed by atoms with Crippen LogP contribution in [-0.2, 0) is 27.5 Å². The Hall–Kier alpha value is -3.26. The lowest BCUT2D eigenvalue weighted by Crippen LogP contribution is -2.32. The highest BCUT2D eigenvalue weighted by atomic mass is 19.4. The molecule has 0 spiro atoms. The van der Waals surface area contributed by atoms with Gasteiger partial charge in [-0.3, -0.25) is 14.9 Å². The number of hydrogen-bond acceptors (Lipinski definition) is 6. The Morgan fingerprint density at radius 3 is 2.26 bits per heavy atom. The maximum Gasteiger partial charge on any atom is 0.490 e. The van der Waals surface area contributed by atoms with Gasteiger partial charge in [0.1, 0.15) is 0 Å². The van der Waals surface area contributed by atoms with Crippen molar-refractivity contribution < 1.29 is 50.9 Å². The van der Waals surface area contributed by atoms with Crippen molar-refractivity contribution >= 4 is 11.9 Å². The van der Waals surface area contributed by atoms with E-state index in [0.29, 0.717) is 12.0 Å². The molecule has 2 fully saturated rings. The van der Waals surface area contributed by atoms with Crippen LogP contribution in [0.2, 0.25) is 0 Å². The van der Waals surface area contributed by atoms with Crippen LogP contribution in [0.1, 0.15) is 36.1 Å². The molecule has 39 heavy (non-hydrogen) atoms. The first-order valence-corrected chi connectivity index (χ1v) is 11.8.